The first kappa shape index (κ1) is 19.4. The van der Waals surface area contributed by atoms with E-state index in [0.717, 1.165) is 0 Å². The Bertz CT molecular complexity index is 688. The summed E-state index contributed by atoms with van der Waals surface area (Å²) < 4.78 is 12.2. The molecule has 3 nitrogen and oxygen atoms in total. The van der Waals surface area contributed by atoms with Crippen LogP contribution in [0.5, 0.6) is 0 Å². The van der Waals surface area contributed by atoms with Crippen LogP contribution in [-0.4, -0.2) is 28.8 Å². The number of hydrogen-bond acceptors (Lipinski definition) is 3. The lowest BCUT2D eigenvalue weighted by Crippen LogP contribution is -2.64. The van der Waals surface area contributed by atoms with Gasteiger partial charge in [0.2, 0.25) is 16.6 Å². The predicted octanol–water partition coefficient (Wildman–Crippen LogP) is 3.26. The van der Waals surface area contributed by atoms with Gasteiger partial charge >= 0.3 is 5.97 Å². The predicted molar refractivity (Wildman–Crippen MR) is 108 cm³/mol. The first-order valence-electron chi connectivity index (χ1n) is 8.38. The zero-order valence-corrected chi connectivity index (χ0v) is 17.4. The van der Waals surface area contributed by atoms with Gasteiger partial charge in [0.15, 0.2) is 0 Å². The second kappa shape index (κ2) is 7.95. The maximum absolute atomic E-state index is 11.8. The average molecular weight is 371 g/mol. The Morgan fingerprint density at radius 1 is 0.920 bits per heavy atom. The second-order valence-corrected chi connectivity index (χ2v) is 14.8. The molecule has 0 bridgehead atoms. The molecule has 0 unspecified atom stereocenters. The van der Waals surface area contributed by atoms with Crippen LogP contribution < -0.4 is 10.4 Å². The Morgan fingerprint density at radius 2 is 1.36 bits per heavy atom. The zero-order chi connectivity index (χ0) is 18.5. The van der Waals surface area contributed by atoms with E-state index in [1.807, 2.05) is 36.4 Å². The molecular weight excluding hydrogens is 344 g/mol. The fourth-order valence-corrected chi connectivity index (χ4v) is 10.8. The summed E-state index contributed by atoms with van der Waals surface area (Å²) in [7, 11) is -4.62. The van der Waals surface area contributed by atoms with Gasteiger partial charge in [-0.05, 0) is 36.9 Å². The number of rotatable bonds is 7. The van der Waals surface area contributed by atoms with Crippen molar-refractivity contribution in [1.82, 2.24) is 0 Å². The van der Waals surface area contributed by atoms with E-state index in [1.54, 1.807) is 6.92 Å². The normalized spacial score (nSPS) is 11.8. The number of ether oxygens (including phenoxy) is 1. The maximum atomic E-state index is 11.8. The molecule has 2 aromatic rings. The van der Waals surface area contributed by atoms with Crippen LogP contribution in [0, 0.1) is 0 Å². The minimum Gasteiger partial charge on any atom is -0.463 e. The molecule has 0 aliphatic rings. The largest absolute Gasteiger partial charge is 0.463 e. The Labute approximate surface area is 152 Å². The number of hydrogen-bond donors (Lipinski definition) is 0. The van der Waals surface area contributed by atoms with E-state index < -0.39 is 16.6 Å². The van der Waals surface area contributed by atoms with Crippen LogP contribution in [0.2, 0.25) is 19.6 Å². The number of benzene rings is 2. The van der Waals surface area contributed by atoms with E-state index in [0.29, 0.717) is 11.8 Å². The van der Waals surface area contributed by atoms with Crippen molar-refractivity contribution >= 4 is 33.0 Å². The lowest BCUT2D eigenvalue weighted by molar-refractivity contribution is -0.137. The van der Waals surface area contributed by atoms with Gasteiger partial charge in [-0.25, -0.2) is 4.79 Å². The molecule has 25 heavy (non-hydrogen) atoms. The van der Waals surface area contributed by atoms with E-state index in [1.165, 1.54) is 10.4 Å². The van der Waals surface area contributed by atoms with E-state index in [2.05, 4.69) is 50.5 Å². The molecule has 0 radical (unpaired) electrons. The molecule has 132 valence electrons. The van der Waals surface area contributed by atoms with Gasteiger partial charge in [-0.2, -0.15) is 0 Å². The van der Waals surface area contributed by atoms with Crippen LogP contribution in [0.15, 0.2) is 72.8 Å². The number of carbonyl (C=O) groups excluding carboxylic acids is 1. The average Bonchev–Trinajstić information content (AvgIpc) is 2.60. The van der Waals surface area contributed by atoms with Crippen LogP contribution in [0.25, 0.3) is 0 Å². The Morgan fingerprint density at radius 3 is 1.76 bits per heavy atom. The number of esters is 1. The highest BCUT2D eigenvalue weighted by Crippen LogP contribution is 2.16. The molecule has 2 rings (SSSR count). The van der Waals surface area contributed by atoms with Crippen LogP contribution in [0.1, 0.15) is 6.92 Å². The quantitative estimate of drug-likeness (QED) is 0.426. The number of carbonyl (C=O) groups is 1. The molecule has 0 heterocycles. The third kappa shape index (κ3) is 5.01. The van der Waals surface area contributed by atoms with Crippen molar-refractivity contribution in [2.75, 3.05) is 6.23 Å². The lowest BCUT2D eigenvalue weighted by atomic mass is 10.4. The fourth-order valence-electron chi connectivity index (χ4n) is 2.74. The SMILES string of the molecule is C=C(C)C(=O)OC[Si](C)(C)O[Si](C)(c1ccccc1)c1ccccc1. The van der Waals surface area contributed by atoms with Crippen LogP contribution >= 0.6 is 0 Å². The van der Waals surface area contributed by atoms with E-state index in [-0.39, 0.29) is 5.97 Å². The highest BCUT2D eigenvalue weighted by atomic mass is 28.4. The van der Waals surface area contributed by atoms with Crippen LogP contribution in [-0.2, 0) is 13.6 Å². The summed E-state index contributed by atoms with van der Waals surface area (Å²) in [6.45, 7) is 11.7. The summed E-state index contributed by atoms with van der Waals surface area (Å²) >= 11 is 0. The monoisotopic (exact) mass is 370 g/mol. The van der Waals surface area contributed by atoms with Crippen LogP contribution in [0.4, 0.5) is 0 Å². The Balaban J connectivity index is 2.31. The molecule has 0 aliphatic carbocycles. The summed E-state index contributed by atoms with van der Waals surface area (Å²) in [6.07, 6.45) is 0.320. The van der Waals surface area contributed by atoms with Crippen molar-refractivity contribution in [3.05, 3.63) is 72.8 Å². The Kier molecular flexibility index (Phi) is 6.16. The molecule has 0 spiro atoms. The molecule has 2 aromatic carbocycles. The molecule has 0 fully saturated rings. The lowest BCUT2D eigenvalue weighted by Gasteiger charge is -2.36. The standard InChI is InChI=1S/C20H26O3Si2/c1-17(2)20(21)22-16-24(3,4)23-25(5,18-12-8-6-9-13-18)19-14-10-7-11-15-19/h6-15H,1,16H2,2-5H3. The first-order chi connectivity index (χ1) is 11.7. The Hall–Kier alpha value is -1.96. The summed E-state index contributed by atoms with van der Waals surface area (Å²) in [5, 5.41) is 2.43. The molecule has 0 aromatic heterocycles. The zero-order valence-electron chi connectivity index (χ0n) is 15.4. The van der Waals surface area contributed by atoms with Crippen molar-refractivity contribution in [2.45, 2.75) is 26.6 Å². The van der Waals surface area contributed by atoms with E-state index in [4.69, 9.17) is 8.85 Å². The summed E-state index contributed by atoms with van der Waals surface area (Å²) in [6, 6.07) is 20.7. The van der Waals surface area contributed by atoms with Gasteiger partial charge in [0.1, 0.15) is 6.23 Å². The minimum atomic E-state index is -2.39. The smallest absolute Gasteiger partial charge is 0.332 e. The van der Waals surface area contributed by atoms with Crippen molar-refractivity contribution in [3.63, 3.8) is 0 Å². The van der Waals surface area contributed by atoms with Crippen LogP contribution in [0.3, 0.4) is 0 Å². The summed E-state index contributed by atoms with van der Waals surface area (Å²) in [5.74, 6) is -0.355. The molecular formula is C20H26O3Si2. The van der Waals surface area contributed by atoms with Gasteiger partial charge in [0, 0.05) is 5.57 Å². The van der Waals surface area contributed by atoms with Gasteiger partial charge in [-0.3, -0.25) is 0 Å². The highest BCUT2D eigenvalue weighted by Gasteiger charge is 2.40. The third-order valence-electron chi connectivity index (χ3n) is 4.03. The van der Waals surface area contributed by atoms with Crippen molar-refractivity contribution in [1.29, 1.82) is 0 Å². The van der Waals surface area contributed by atoms with Gasteiger partial charge < -0.3 is 8.85 Å². The topological polar surface area (TPSA) is 35.5 Å². The fraction of sp³-hybridized carbons (Fsp3) is 0.250. The van der Waals surface area contributed by atoms with E-state index >= 15 is 0 Å². The molecule has 0 amide bonds. The molecule has 5 heteroatoms. The van der Waals surface area contributed by atoms with Crippen molar-refractivity contribution in [2.24, 2.45) is 0 Å². The molecule has 0 aliphatic heterocycles. The molecule has 0 atom stereocenters. The maximum Gasteiger partial charge on any atom is 0.332 e. The van der Waals surface area contributed by atoms with Gasteiger partial charge in [0.25, 0.3) is 0 Å². The van der Waals surface area contributed by atoms with Gasteiger partial charge in [0.05, 0.1) is 0 Å². The molecule has 0 N–H and O–H groups in total. The van der Waals surface area contributed by atoms with Gasteiger partial charge in [-0.15, -0.1) is 0 Å². The second-order valence-electron chi connectivity index (χ2n) is 6.98. The molecule has 0 saturated heterocycles. The minimum absolute atomic E-state index is 0.320. The van der Waals surface area contributed by atoms with Crippen molar-refractivity contribution < 1.29 is 13.6 Å². The highest BCUT2D eigenvalue weighted by molar-refractivity contribution is 7.01. The van der Waals surface area contributed by atoms with Gasteiger partial charge in [-0.1, -0.05) is 67.2 Å². The van der Waals surface area contributed by atoms with E-state index in [9.17, 15) is 4.79 Å². The van der Waals surface area contributed by atoms with Crippen molar-refractivity contribution in [3.8, 4) is 0 Å². The summed E-state index contributed by atoms with van der Waals surface area (Å²) in [5.41, 5.74) is 0.413. The summed E-state index contributed by atoms with van der Waals surface area (Å²) in [4.78, 5) is 11.8. The molecule has 0 saturated carbocycles. The third-order valence-corrected chi connectivity index (χ3v) is 11.6. The first-order valence-corrected chi connectivity index (χ1v) is 13.9.